The van der Waals surface area contributed by atoms with Crippen LogP contribution in [-0.2, 0) is 4.74 Å². The zero-order valence-corrected chi connectivity index (χ0v) is 16.2. The summed E-state index contributed by atoms with van der Waals surface area (Å²) in [5, 5.41) is 13.7. The molecule has 1 fully saturated rings. The van der Waals surface area contributed by atoms with Crippen molar-refractivity contribution >= 4 is 29.0 Å². The molecule has 3 aliphatic rings. The summed E-state index contributed by atoms with van der Waals surface area (Å²) in [5.41, 5.74) is 2.47. The number of carbonyl (C=O) groups excluding carboxylic acids is 1. The van der Waals surface area contributed by atoms with Crippen LogP contribution in [0.5, 0.6) is 0 Å². The summed E-state index contributed by atoms with van der Waals surface area (Å²) in [6, 6.07) is 7.53. The molecule has 0 radical (unpaired) electrons. The molecule has 0 spiro atoms. The number of benzene rings is 1. The van der Waals surface area contributed by atoms with Crippen molar-refractivity contribution in [2.24, 2.45) is 4.99 Å². The molecule has 0 aromatic heterocycles. The number of ether oxygens (including phenoxy) is 1. The Labute approximate surface area is 168 Å². The van der Waals surface area contributed by atoms with Gasteiger partial charge in [-0.2, -0.15) is 4.99 Å². The van der Waals surface area contributed by atoms with Gasteiger partial charge in [-0.3, -0.25) is 4.90 Å². The molecule has 2 heterocycles. The van der Waals surface area contributed by atoms with E-state index in [-0.39, 0.29) is 18.7 Å². The Bertz CT molecular complexity index is 813. The lowest BCUT2D eigenvalue weighted by Crippen LogP contribution is -2.49. The van der Waals surface area contributed by atoms with Crippen LogP contribution in [0.2, 0.25) is 5.02 Å². The first-order valence-corrected chi connectivity index (χ1v) is 9.77. The second-order valence-corrected chi connectivity index (χ2v) is 7.52. The number of nitrogens with one attached hydrogen (secondary N) is 1. The van der Waals surface area contributed by atoms with Gasteiger partial charge in [-0.1, -0.05) is 11.6 Å². The molecule has 2 N–H and O–H groups in total. The van der Waals surface area contributed by atoms with Gasteiger partial charge in [0.05, 0.1) is 30.2 Å². The minimum absolute atomic E-state index is 0.233. The third kappa shape index (κ3) is 4.62. The number of aliphatic hydroxyl groups is 1. The number of anilines is 1. The van der Waals surface area contributed by atoms with Crippen LogP contribution in [0.3, 0.4) is 0 Å². The van der Waals surface area contributed by atoms with Gasteiger partial charge >= 0.3 is 6.03 Å². The Hall–Kier alpha value is -2.19. The van der Waals surface area contributed by atoms with Crippen LogP contribution >= 0.6 is 11.6 Å². The lowest BCUT2D eigenvalue weighted by Gasteiger charge is -2.37. The van der Waals surface area contributed by atoms with Crippen molar-refractivity contribution in [3.05, 3.63) is 53.2 Å². The highest BCUT2D eigenvalue weighted by molar-refractivity contribution is 6.30. The van der Waals surface area contributed by atoms with E-state index >= 15 is 0 Å². The van der Waals surface area contributed by atoms with Crippen LogP contribution in [-0.4, -0.2) is 73.3 Å². The van der Waals surface area contributed by atoms with E-state index in [1.165, 1.54) is 5.69 Å². The van der Waals surface area contributed by atoms with E-state index in [1.807, 2.05) is 30.3 Å². The SMILES string of the molecule is O=C1N=C2C=CC(OC[C@@H](O)CN3CCN(c4ccc(Cl)cc4)CC3)C=C2N1. The highest BCUT2D eigenvalue weighted by atomic mass is 35.5. The first-order valence-electron chi connectivity index (χ1n) is 9.39. The second kappa shape index (κ2) is 8.45. The van der Waals surface area contributed by atoms with E-state index in [2.05, 4.69) is 20.1 Å². The molecule has 4 rings (SSSR count). The maximum atomic E-state index is 11.3. The summed E-state index contributed by atoms with van der Waals surface area (Å²) < 4.78 is 5.76. The summed E-state index contributed by atoms with van der Waals surface area (Å²) in [6.07, 6.45) is 4.56. The third-order valence-electron chi connectivity index (χ3n) is 5.03. The molecule has 148 valence electrons. The molecule has 8 heteroatoms. The van der Waals surface area contributed by atoms with Crippen molar-refractivity contribution in [1.82, 2.24) is 10.2 Å². The standard InChI is InChI=1S/C20H23ClN4O3/c21-14-1-3-15(4-2-14)25-9-7-24(8-10-25)12-16(26)13-28-17-5-6-18-19(11-17)23-20(27)22-18/h1-6,11,16-17,26H,7-10,12-13H2,(H,23,27)/t16-,17?/m0/s1. The average molecular weight is 403 g/mol. The minimum Gasteiger partial charge on any atom is -0.389 e. The molecular weight excluding hydrogens is 380 g/mol. The highest BCUT2D eigenvalue weighted by Gasteiger charge is 2.23. The smallest absolute Gasteiger partial charge is 0.346 e. The maximum Gasteiger partial charge on any atom is 0.346 e. The zero-order chi connectivity index (χ0) is 19.5. The summed E-state index contributed by atoms with van der Waals surface area (Å²) in [7, 11) is 0. The van der Waals surface area contributed by atoms with E-state index in [9.17, 15) is 9.90 Å². The van der Waals surface area contributed by atoms with E-state index < -0.39 is 6.10 Å². The van der Waals surface area contributed by atoms with Gasteiger partial charge in [-0.15, -0.1) is 0 Å². The molecule has 1 aromatic rings. The largest absolute Gasteiger partial charge is 0.389 e. The lowest BCUT2D eigenvalue weighted by molar-refractivity contribution is 0.00692. The normalized spacial score (nSPS) is 23.1. The predicted molar refractivity (Wildman–Crippen MR) is 109 cm³/mol. The van der Waals surface area contributed by atoms with Crippen LogP contribution in [0.15, 0.2) is 53.2 Å². The Balaban J connectivity index is 1.20. The van der Waals surface area contributed by atoms with E-state index in [0.29, 0.717) is 18.0 Å². The van der Waals surface area contributed by atoms with Crippen LogP contribution in [0.25, 0.3) is 0 Å². The molecule has 2 amide bonds. The quantitative estimate of drug-likeness (QED) is 0.759. The summed E-state index contributed by atoms with van der Waals surface area (Å²) >= 11 is 5.95. The van der Waals surface area contributed by atoms with Gasteiger partial charge in [-0.25, -0.2) is 4.79 Å². The Morgan fingerprint density at radius 2 is 2.00 bits per heavy atom. The number of β-amino-alcohol motifs (C(OH)–C–C–N with tert-alkyl or cyclic N) is 1. The van der Waals surface area contributed by atoms with Crippen molar-refractivity contribution in [2.75, 3.05) is 44.2 Å². The molecule has 1 aliphatic carbocycles. The van der Waals surface area contributed by atoms with E-state index in [4.69, 9.17) is 16.3 Å². The number of piperazine rings is 1. The van der Waals surface area contributed by atoms with Crippen LogP contribution in [0.4, 0.5) is 10.5 Å². The summed E-state index contributed by atoms with van der Waals surface area (Å²) in [5.74, 6) is 0. The van der Waals surface area contributed by atoms with Gasteiger partial charge < -0.3 is 20.1 Å². The van der Waals surface area contributed by atoms with E-state index in [1.54, 1.807) is 12.2 Å². The first kappa shape index (κ1) is 19.1. The number of nitrogens with zero attached hydrogens (tertiary/aromatic N) is 3. The number of allylic oxidation sites excluding steroid dienone is 1. The molecule has 0 saturated carbocycles. The van der Waals surface area contributed by atoms with Crippen LogP contribution in [0.1, 0.15) is 0 Å². The predicted octanol–water partition coefficient (Wildman–Crippen LogP) is 1.83. The molecule has 1 aromatic carbocycles. The van der Waals surface area contributed by atoms with Crippen molar-refractivity contribution in [3.63, 3.8) is 0 Å². The fourth-order valence-corrected chi connectivity index (χ4v) is 3.68. The highest BCUT2D eigenvalue weighted by Crippen LogP contribution is 2.20. The third-order valence-corrected chi connectivity index (χ3v) is 5.28. The molecule has 1 saturated heterocycles. The molecule has 2 aliphatic heterocycles. The summed E-state index contributed by atoms with van der Waals surface area (Å²) in [6.45, 7) is 4.41. The number of aliphatic hydroxyl groups excluding tert-OH is 1. The Kier molecular flexibility index (Phi) is 5.77. The topological polar surface area (TPSA) is 77.4 Å². The molecule has 1 unspecified atom stereocenters. The number of amides is 2. The number of hydrogen-bond acceptors (Lipinski definition) is 5. The zero-order valence-electron chi connectivity index (χ0n) is 15.4. The molecular formula is C20H23ClN4O3. The number of halogens is 1. The van der Waals surface area contributed by atoms with Gasteiger partial charge in [0.1, 0.15) is 0 Å². The fourth-order valence-electron chi connectivity index (χ4n) is 3.55. The van der Waals surface area contributed by atoms with Gasteiger partial charge in [0.15, 0.2) is 0 Å². The Morgan fingerprint density at radius 3 is 2.75 bits per heavy atom. The van der Waals surface area contributed by atoms with E-state index in [0.717, 1.165) is 31.2 Å². The van der Waals surface area contributed by atoms with Gasteiger partial charge in [-0.05, 0) is 42.5 Å². The van der Waals surface area contributed by atoms with Crippen molar-refractivity contribution in [2.45, 2.75) is 12.2 Å². The first-order chi connectivity index (χ1) is 13.6. The van der Waals surface area contributed by atoms with Gasteiger partial charge in [0.25, 0.3) is 0 Å². The number of carbonyl (C=O) groups is 1. The maximum absolute atomic E-state index is 11.3. The van der Waals surface area contributed by atoms with Gasteiger partial charge in [0.2, 0.25) is 0 Å². The Morgan fingerprint density at radius 1 is 1.25 bits per heavy atom. The number of urea groups is 1. The monoisotopic (exact) mass is 402 g/mol. The fraction of sp³-hybridized carbons (Fsp3) is 0.400. The molecule has 7 nitrogen and oxygen atoms in total. The second-order valence-electron chi connectivity index (χ2n) is 7.08. The lowest BCUT2D eigenvalue weighted by atomic mass is 10.1. The number of hydrogen-bond donors (Lipinski definition) is 2. The van der Waals surface area contributed by atoms with Crippen LogP contribution in [0, 0.1) is 0 Å². The molecule has 28 heavy (non-hydrogen) atoms. The van der Waals surface area contributed by atoms with Crippen molar-refractivity contribution in [1.29, 1.82) is 0 Å². The molecule has 0 bridgehead atoms. The van der Waals surface area contributed by atoms with Crippen molar-refractivity contribution < 1.29 is 14.6 Å². The summed E-state index contributed by atoms with van der Waals surface area (Å²) in [4.78, 5) is 19.7. The average Bonchev–Trinajstić information content (AvgIpc) is 3.07. The molecule has 2 atom stereocenters. The minimum atomic E-state index is -0.567. The van der Waals surface area contributed by atoms with Gasteiger partial charge in [0, 0.05) is 43.4 Å². The van der Waals surface area contributed by atoms with Crippen molar-refractivity contribution in [3.8, 4) is 0 Å². The van der Waals surface area contributed by atoms with Crippen LogP contribution < -0.4 is 10.2 Å². The number of aliphatic imine (C=N–C) groups is 1. The number of fused-ring (bicyclic) bond motifs is 1. The number of rotatable bonds is 6.